The maximum absolute atomic E-state index is 12.7. The van der Waals surface area contributed by atoms with Crippen LogP contribution in [0.5, 0.6) is 0 Å². The fourth-order valence-corrected chi connectivity index (χ4v) is 3.36. The summed E-state index contributed by atoms with van der Waals surface area (Å²) in [5.41, 5.74) is 0.429. The first kappa shape index (κ1) is 16.4. The van der Waals surface area contributed by atoms with Crippen molar-refractivity contribution in [1.29, 1.82) is 0 Å². The molecule has 0 N–H and O–H groups in total. The minimum Gasteiger partial charge on any atom is -0.340 e. The van der Waals surface area contributed by atoms with Gasteiger partial charge in [-0.25, -0.2) is 4.98 Å². The van der Waals surface area contributed by atoms with Crippen molar-refractivity contribution in [3.63, 3.8) is 0 Å². The lowest BCUT2D eigenvalue weighted by Crippen LogP contribution is -2.42. The third kappa shape index (κ3) is 3.10. The lowest BCUT2D eigenvalue weighted by atomic mass is 9.97. The van der Waals surface area contributed by atoms with E-state index in [9.17, 15) is 9.59 Å². The number of hydrogen-bond acceptors (Lipinski definition) is 6. The van der Waals surface area contributed by atoms with Gasteiger partial charge in [-0.2, -0.15) is 4.98 Å². The Bertz CT molecular complexity index is 1010. The van der Waals surface area contributed by atoms with Crippen LogP contribution in [0.2, 0.25) is 0 Å². The normalized spacial score (nSPS) is 17.6. The number of amides is 1. The van der Waals surface area contributed by atoms with Crippen LogP contribution in [0.3, 0.4) is 0 Å². The minimum atomic E-state index is -0.202. The van der Waals surface area contributed by atoms with Crippen molar-refractivity contribution in [3.8, 4) is 0 Å². The molecule has 1 fully saturated rings. The maximum atomic E-state index is 12.7. The molecule has 8 heteroatoms. The molecule has 1 atom stereocenters. The Morgan fingerprint density at radius 3 is 3.00 bits per heavy atom. The molecule has 0 radical (unpaired) electrons. The summed E-state index contributed by atoms with van der Waals surface area (Å²) in [5.74, 6) is 1.13. The Morgan fingerprint density at radius 2 is 2.19 bits per heavy atom. The van der Waals surface area contributed by atoms with Crippen LogP contribution in [0.4, 0.5) is 0 Å². The number of fused-ring (bicyclic) bond motifs is 1. The summed E-state index contributed by atoms with van der Waals surface area (Å²) in [5, 5.41) is 4.49. The fraction of sp³-hybridized carbons (Fsp3) is 0.389. The SMILES string of the molecule is Cc1nc([C@H]2CCCN(C(=O)Cn3cnc4ccccc4c3=O)C2)no1. The summed E-state index contributed by atoms with van der Waals surface area (Å²) in [7, 11) is 0. The Balaban J connectivity index is 1.51. The van der Waals surface area contributed by atoms with Gasteiger partial charge in [-0.3, -0.25) is 14.2 Å². The number of aryl methyl sites for hydroxylation is 1. The van der Waals surface area contributed by atoms with Crippen molar-refractivity contribution >= 4 is 16.8 Å². The molecule has 2 aromatic heterocycles. The average Bonchev–Trinajstić information content (AvgIpc) is 3.11. The van der Waals surface area contributed by atoms with Gasteiger partial charge < -0.3 is 9.42 Å². The molecule has 3 heterocycles. The summed E-state index contributed by atoms with van der Waals surface area (Å²) in [4.78, 5) is 35.6. The Labute approximate surface area is 149 Å². The van der Waals surface area contributed by atoms with Crippen LogP contribution in [0, 0.1) is 6.92 Å². The van der Waals surface area contributed by atoms with Gasteiger partial charge in [0.2, 0.25) is 11.8 Å². The zero-order valence-corrected chi connectivity index (χ0v) is 14.5. The lowest BCUT2D eigenvalue weighted by molar-refractivity contribution is -0.133. The first-order valence-electron chi connectivity index (χ1n) is 8.64. The topological polar surface area (TPSA) is 94.1 Å². The summed E-state index contributed by atoms with van der Waals surface area (Å²) < 4.78 is 6.42. The number of aromatic nitrogens is 4. The molecule has 0 bridgehead atoms. The van der Waals surface area contributed by atoms with Crippen LogP contribution in [0.15, 0.2) is 39.9 Å². The van der Waals surface area contributed by atoms with E-state index in [1.807, 2.05) is 6.07 Å². The van der Waals surface area contributed by atoms with Crippen LogP contribution < -0.4 is 5.56 Å². The van der Waals surface area contributed by atoms with Crippen molar-refractivity contribution in [2.24, 2.45) is 0 Å². The third-order valence-electron chi connectivity index (χ3n) is 4.72. The molecule has 1 aromatic carbocycles. The second kappa shape index (κ2) is 6.70. The molecule has 3 aromatic rings. The highest BCUT2D eigenvalue weighted by atomic mass is 16.5. The second-order valence-electron chi connectivity index (χ2n) is 6.55. The molecule has 4 rings (SSSR count). The van der Waals surface area contributed by atoms with E-state index in [1.54, 1.807) is 30.0 Å². The minimum absolute atomic E-state index is 0.0192. The van der Waals surface area contributed by atoms with Crippen LogP contribution >= 0.6 is 0 Å². The predicted octanol–water partition coefficient (Wildman–Crippen LogP) is 1.49. The van der Waals surface area contributed by atoms with Gasteiger partial charge in [0.05, 0.1) is 17.2 Å². The van der Waals surface area contributed by atoms with Gasteiger partial charge in [0, 0.05) is 25.9 Å². The number of benzene rings is 1. The quantitative estimate of drug-likeness (QED) is 0.708. The third-order valence-corrected chi connectivity index (χ3v) is 4.72. The number of para-hydroxylation sites is 1. The van der Waals surface area contributed by atoms with E-state index in [2.05, 4.69) is 15.1 Å². The zero-order valence-electron chi connectivity index (χ0n) is 14.5. The van der Waals surface area contributed by atoms with E-state index >= 15 is 0 Å². The van der Waals surface area contributed by atoms with Crippen molar-refractivity contribution in [2.45, 2.75) is 32.2 Å². The molecular formula is C18H19N5O3. The number of piperidine rings is 1. The van der Waals surface area contributed by atoms with Crippen molar-refractivity contribution in [1.82, 2.24) is 24.6 Å². The highest BCUT2D eigenvalue weighted by Crippen LogP contribution is 2.25. The van der Waals surface area contributed by atoms with Gasteiger partial charge in [0.25, 0.3) is 5.56 Å². The standard InChI is InChI=1S/C18H19N5O3/c1-12-20-17(21-26-12)13-5-4-8-22(9-13)16(24)10-23-11-19-15-7-3-2-6-14(15)18(23)25/h2-3,6-7,11,13H,4-5,8-10H2,1H3/t13-/m0/s1. The van der Waals surface area contributed by atoms with E-state index in [0.29, 0.717) is 35.7 Å². The number of nitrogens with zero attached hydrogens (tertiary/aromatic N) is 5. The lowest BCUT2D eigenvalue weighted by Gasteiger charge is -2.31. The number of carbonyl (C=O) groups excluding carboxylic acids is 1. The van der Waals surface area contributed by atoms with Gasteiger partial charge in [-0.05, 0) is 25.0 Å². The van der Waals surface area contributed by atoms with Gasteiger partial charge >= 0.3 is 0 Å². The second-order valence-corrected chi connectivity index (χ2v) is 6.55. The van der Waals surface area contributed by atoms with Crippen LogP contribution in [0.1, 0.15) is 30.5 Å². The highest BCUT2D eigenvalue weighted by molar-refractivity contribution is 5.79. The molecule has 0 unspecified atom stereocenters. The van der Waals surface area contributed by atoms with E-state index in [4.69, 9.17) is 4.52 Å². The van der Waals surface area contributed by atoms with E-state index in [0.717, 1.165) is 12.8 Å². The Morgan fingerprint density at radius 1 is 1.35 bits per heavy atom. The largest absolute Gasteiger partial charge is 0.340 e. The zero-order chi connectivity index (χ0) is 18.1. The van der Waals surface area contributed by atoms with Gasteiger partial charge in [-0.1, -0.05) is 17.3 Å². The number of likely N-dealkylation sites (tertiary alicyclic amines) is 1. The first-order valence-corrected chi connectivity index (χ1v) is 8.64. The van der Waals surface area contributed by atoms with E-state index in [1.165, 1.54) is 10.9 Å². The first-order chi connectivity index (χ1) is 12.6. The van der Waals surface area contributed by atoms with Crippen LogP contribution in [0.25, 0.3) is 10.9 Å². The van der Waals surface area contributed by atoms with Crippen molar-refractivity contribution < 1.29 is 9.32 Å². The smallest absolute Gasteiger partial charge is 0.261 e. The molecule has 134 valence electrons. The van der Waals surface area contributed by atoms with Crippen molar-refractivity contribution in [2.75, 3.05) is 13.1 Å². The molecular weight excluding hydrogens is 334 g/mol. The Hall–Kier alpha value is -3.03. The summed E-state index contributed by atoms with van der Waals surface area (Å²) in [6, 6.07) is 7.13. The van der Waals surface area contributed by atoms with Gasteiger partial charge in [0.15, 0.2) is 5.82 Å². The highest BCUT2D eigenvalue weighted by Gasteiger charge is 2.28. The van der Waals surface area contributed by atoms with Gasteiger partial charge in [-0.15, -0.1) is 0 Å². The number of carbonyl (C=O) groups is 1. The fourth-order valence-electron chi connectivity index (χ4n) is 3.36. The molecule has 26 heavy (non-hydrogen) atoms. The molecule has 1 amide bonds. The molecule has 1 aliphatic heterocycles. The summed E-state index contributed by atoms with van der Waals surface area (Å²) in [6.07, 6.45) is 3.22. The number of hydrogen-bond donors (Lipinski definition) is 0. The molecule has 0 saturated carbocycles. The summed E-state index contributed by atoms with van der Waals surface area (Å²) in [6.45, 7) is 2.94. The van der Waals surface area contributed by atoms with Gasteiger partial charge in [0.1, 0.15) is 6.54 Å². The molecule has 8 nitrogen and oxygen atoms in total. The van der Waals surface area contributed by atoms with Crippen LogP contribution in [-0.2, 0) is 11.3 Å². The molecule has 1 aliphatic rings. The summed E-state index contributed by atoms with van der Waals surface area (Å²) >= 11 is 0. The predicted molar refractivity (Wildman–Crippen MR) is 93.6 cm³/mol. The monoisotopic (exact) mass is 353 g/mol. The van der Waals surface area contributed by atoms with E-state index in [-0.39, 0.29) is 23.9 Å². The van der Waals surface area contributed by atoms with Crippen molar-refractivity contribution in [3.05, 3.63) is 52.7 Å². The maximum Gasteiger partial charge on any atom is 0.261 e. The average molecular weight is 353 g/mol. The molecule has 0 aliphatic carbocycles. The van der Waals surface area contributed by atoms with E-state index < -0.39 is 0 Å². The van der Waals surface area contributed by atoms with Crippen LogP contribution in [-0.4, -0.2) is 43.6 Å². The number of rotatable bonds is 3. The molecule has 0 spiro atoms. The Kier molecular flexibility index (Phi) is 4.24. The molecule has 1 saturated heterocycles.